The van der Waals surface area contributed by atoms with Crippen LogP contribution in [0.5, 0.6) is 0 Å². The highest BCUT2D eigenvalue weighted by molar-refractivity contribution is 5.85. The summed E-state index contributed by atoms with van der Waals surface area (Å²) in [4.78, 5) is 37.4. The number of rotatable bonds is 4. The number of nitrogens with one attached hydrogen (secondary N) is 2. The van der Waals surface area contributed by atoms with Crippen LogP contribution in [0.4, 0.5) is 0 Å². The van der Waals surface area contributed by atoms with Crippen molar-refractivity contribution in [2.24, 2.45) is 17.6 Å². The minimum Gasteiger partial charge on any atom is -0.355 e. The Labute approximate surface area is 124 Å². The summed E-state index contributed by atoms with van der Waals surface area (Å²) in [6, 6.07) is 0. The van der Waals surface area contributed by atoms with Gasteiger partial charge >= 0.3 is 0 Å². The zero-order chi connectivity index (χ0) is 15.2. The molecule has 2 aliphatic rings. The number of carbonyl (C=O) groups is 3. The lowest BCUT2D eigenvalue weighted by Gasteiger charge is -2.35. The highest BCUT2D eigenvalue weighted by atomic mass is 16.2. The van der Waals surface area contributed by atoms with Gasteiger partial charge < -0.3 is 21.3 Å². The maximum absolute atomic E-state index is 12.5. The Balaban J connectivity index is 1.86. The van der Waals surface area contributed by atoms with E-state index in [0.717, 1.165) is 12.8 Å². The SMILES string of the molecule is NCCNC(=O)C1CCCN(C(=O)C2CCC(=O)NC2)C1. The topological polar surface area (TPSA) is 105 Å². The van der Waals surface area contributed by atoms with Gasteiger partial charge in [0.1, 0.15) is 0 Å². The molecular weight excluding hydrogens is 272 g/mol. The van der Waals surface area contributed by atoms with Crippen molar-refractivity contribution in [2.45, 2.75) is 25.7 Å². The molecule has 2 rings (SSSR count). The molecular formula is C14H24N4O3. The lowest BCUT2D eigenvalue weighted by atomic mass is 9.93. The molecule has 0 aromatic rings. The third-order valence-corrected chi connectivity index (χ3v) is 4.16. The van der Waals surface area contributed by atoms with Crippen LogP contribution in [0, 0.1) is 11.8 Å². The molecule has 7 heteroatoms. The van der Waals surface area contributed by atoms with Gasteiger partial charge in [0.05, 0.1) is 11.8 Å². The Bertz CT molecular complexity index is 403. The van der Waals surface area contributed by atoms with E-state index in [2.05, 4.69) is 10.6 Å². The van der Waals surface area contributed by atoms with Crippen LogP contribution in [0.15, 0.2) is 0 Å². The largest absolute Gasteiger partial charge is 0.355 e. The first-order valence-electron chi connectivity index (χ1n) is 7.65. The molecule has 0 spiro atoms. The van der Waals surface area contributed by atoms with Gasteiger partial charge in [0.25, 0.3) is 0 Å². The Morgan fingerprint density at radius 2 is 2.14 bits per heavy atom. The van der Waals surface area contributed by atoms with Crippen molar-refractivity contribution < 1.29 is 14.4 Å². The second-order valence-electron chi connectivity index (χ2n) is 5.74. The molecule has 0 bridgehead atoms. The smallest absolute Gasteiger partial charge is 0.227 e. The van der Waals surface area contributed by atoms with Crippen molar-refractivity contribution in [3.8, 4) is 0 Å². The third-order valence-electron chi connectivity index (χ3n) is 4.16. The number of hydrogen-bond donors (Lipinski definition) is 3. The van der Waals surface area contributed by atoms with Gasteiger partial charge in [-0.2, -0.15) is 0 Å². The monoisotopic (exact) mass is 296 g/mol. The van der Waals surface area contributed by atoms with E-state index < -0.39 is 0 Å². The normalized spacial score (nSPS) is 26.1. The first kappa shape index (κ1) is 15.8. The quantitative estimate of drug-likeness (QED) is 0.608. The van der Waals surface area contributed by atoms with Crippen molar-refractivity contribution in [2.75, 3.05) is 32.7 Å². The predicted molar refractivity (Wildman–Crippen MR) is 77.1 cm³/mol. The minimum atomic E-state index is -0.146. The summed E-state index contributed by atoms with van der Waals surface area (Å²) >= 11 is 0. The third kappa shape index (κ3) is 4.17. The van der Waals surface area contributed by atoms with E-state index in [9.17, 15) is 14.4 Å². The first-order chi connectivity index (χ1) is 10.1. The first-order valence-corrected chi connectivity index (χ1v) is 7.65. The average molecular weight is 296 g/mol. The van der Waals surface area contributed by atoms with E-state index in [0.29, 0.717) is 45.6 Å². The Morgan fingerprint density at radius 1 is 1.33 bits per heavy atom. The van der Waals surface area contributed by atoms with Crippen LogP contribution < -0.4 is 16.4 Å². The second kappa shape index (κ2) is 7.40. The predicted octanol–water partition coefficient (Wildman–Crippen LogP) is -1.17. The Kier molecular flexibility index (Phi) is 5.55. The molecule has 2 atom stereocenters. The van der Waals surface area contributed by atoms with E-state index in [4.69, 9.17) is 5.73 Å². The number of likely N-dealkylation sites (tertiary alicyclic amines) is 1. The van der Waals surface area contributed by atoms with E-state index in [-0.39, 0.29) is 29.6 Å². The summed E-state index contributed by atoms with van der Waals surface area (Å²) in [6.07, 6.45) is 2.66. The molecule has 2 fully saturated rings. The van der Waals surface area contributed by atoms with Gasteiger partial charge in [0.15, 0.2) is 0 Å². The second-order valence-corrected chi connectivity index (χ2v) is 5.74. The summed E-state index contributed by atoms with van der Waals surface area (Å²) in [5.74, 6) is -0.237. The van der Waals surface area contributed by atoms with Gasteiger partial charge in [-0.25, -0.2) is 0 Å². The summed E-state index contributed by atoms with van der Waals surface area (Å²) in [6.45, 7) is 2.47. The highest BCUT2D eigenvalue weighted by Crippen LogP contribution is 2.21. The lowest BCUT2D eigenvalue weighted by Crippen LogP contribution is -2.50. The maximum Gasteiger partial charge on any atom is 0.227 e. The fraction of sp³-hybridized carbons (Fsp3) is 0.786. The van der Waals surface area contributed by atoms with E-state index in [1.54, 1.807) is 4.90 Å². The van der Waals surface area contributed by atoms with Gasteiger partial charge in [0.2, 0.25) is 17.7 Å². The van der Waals surface area contributed by atoms with Gasteiger partial charge in [-0.05, 0) is 19.3 Å². The summed E-state index contributed by atoms with van der Waals surface area (Å²) < 4.78 is 0. The molecule has 3 amide bonds. The van der Waals surface area contributed by atoms with Crippen molar-refractivity contribution in [1.29, 1.82) is 0 Å². The molecule has 4 N–H and O–H groups in total. The van der Waals surface area contributed by atoms with E-state index >= 15 is 0 Å². The fourth-order valence-electron chi connectivity index (χ4n) is 2.93. The van der Waals surface area contributed by atoms with Crippen LogP contribution in [0.3, 0.4) is 0 Å². The summed E-state index contributed by atoms with van der Waals surface area (Å²) in [5.41, 5.74) is 5.38. The van der Waals surface area contributed by atoms with Gasteiger partial charge in [-0.3, -0.25) is 14.4 Å². The highest BCUT2D eigenvalue weighted by Gasteiger charge is 2.33. The summed E-state index contributed by atoms with van der Waals surface area (Å²) in [7, 11) is 0. The molecule has 0 aromatic heterocycles. The van der Waals surface area contributed by atoms with Crippen LogP contribution >= 0.6 is 0 Å². The van der Waals surface area contributed by atoms with Crippen molar-refractivity contribution in [3.63, 3.8) is 0 Å². The zero-order valence-electron chi connectivity index (χ0n) is 12.3. The molecule has 0 saturated carbocycles. The Hall–Kier alpha value is -1.63. The van der Waals surface area contributed by atoms with Crippen molar-refractivity contribution >= 4 is 17.7 Å². The van der Waals surface area contributed by atoms with Crippen LogP contribution in [-0.2, 0) is 14.4 Å². The number of carbonyl (C=O) groups excluding carboxylic acids is 3. The van der Waals surface area contributed by atoms with E-state index in [1.165, 1.54) is 0 Å². The Morgan fingerprint density at radius 3 is 2.81 bits per heavy atom. The molecule has 0 aliphatic carbocycles. The number of hydrogen-bond acceptors (Lipinski definition) is 4. The van der Waals surface area contributed by atoms with Gasteiger partial charge in [0, 0.05) is 39.1 Å². The molecule has 2 saturated heterocycles. The number of nitrogens with two attached hydrogens (primary N) is 1. The zero-order valence-corrected chi connectivity index (χ0v) is 12.3. The fourth-order valence-corrected chi connectivity index (χ4v) is 2.93. The molecule has 2 aliphatic heterocycles. The van der Waals surface area contributed by atoms with Crippen LogP contribution in [0.2, 0.25) is 0 Å². The van der Waals surface area contributed by atoms with E-state index in [1.807, 2.05) is 0 Å². The standard InChI is InChI=1S/C14H24N4O3/c15-5-6-16-13(20)11-2-1-7-18(9-11)14(21)10-3-4-12(19)17-8-10/h10-11H,1-9,15H2,(H,16,20)(H,17,19). The molecule has 2 heterocycles. The van der Waals surface area contributed by atoms with Crippen LogP contribution in [-0.4, -0.2) is 55.3 Å². The summed E-state index contributed by atoms with van der Waals surface area (Å²) in [5, 5.41) is 5.52. The maximum atomic E-state index is 12.5. The molecule has 21 heavy (non-hydrogen) atoms. The molecule has 0 aromatic carbocycles. The van der Waals surface area contributed by atoms with Crippen LogP contribution in [0.1, 0.15) is 25.7 Å². The molecule has 7 nitrogen and oxygen atoms in total. The average Bonchev–Trinajstić information content (AvgIpc) is 2.52. The van der Waals surface area contributed by atoms with Gasteiger partial charge in [-0.1, -0.05) is 0 Å². The van der Waals surface area contributed by atoms with Crippen LogP contribution in [0.25, 0.3) is 0 Å². The lowest BCUT2D eigenvalue weighted by molar-refractivity contribution is -0.140. The number of piperidine rings is 2. The minimum absolute atomic E-state index is 0.0109. The number of amides is 3. The number of nitrogens with zero attached hydrogens (tertiary/aromatic N) is 1. The van der Waals surface area contributed by atoms with Crippen molar-refractivity contribution in [1.82, 2.24) is 15.5 Å². The molecule has 118 valence electrons. The van der Waals surface area contributed by atoms with Crippen molar-refractivity contribution in [3.05, 3.63) is 0 Å². The van der Waals surface area contributed by atoms with Gasteiger partial charge in [-0.15, -0.1) is 0 Å². The molecule has 0 radical (unpaired) electrons. The molecule has 2 unspecified atom stereocenters.